The second-order valence-corrected chi connectivity index (χ2v) is 19.0. The van der Waals surface area contributed by atoms with E-state index in [1.54, 1.807) is 13.8 Å². The second kappa shape index (κ2) is 14.9. The normalized spacial score (nSPS) is 33.3. The molecule has 4 aromatic heterocycles. The summed E-state index contributed by atoms with van der Waals surface area (Å²) in [7, 11) is 0. The molecule has 0 spiro atoms. The number of aromatic nitrogens is 8. The number of alkyl halides is 1. The van der Waals surface area contributed by atoms with Gasteiger partial charge >= 0.3 is 19.7 Å². The molecule has 294 valence electrons. The van der Waals surface area contributed by atoms with Crippen LogP contribution in [0.4, 0.5) is 15.1 Å². The number of anilines is 1. The van der Waals surface area contributed by atoms with Crippen molar-refractivity contribution in [1.29, 1.82) is 0 Å². The molecular weight excluding hydrogens is 807 g/mol. The Morgan fingerprint density at radius 1 is 1.06 bits per heavy atom. The summed E-state index contributed by atoms with van der Waals surface area (Å²) >= 11 is 5.57. The first-order valence-electron chi connectivity index (χ1n) is 15.9. The van der Waals surface area contributed by atoms with Gasteiger partial charge in [0.1, 0.15) is 36.3 Å². The third kappa shape index (κ3) is 7.70. The number of imidazole rings is 2. The second-order valence-electron chi connectivity index (χ2n) is 12.3. The number of ether oxygens (including phenoxy) is 4. The largest absolute Gasteiger partial charge is 0.509 e. The molecule has 7 rings (SSSR count). The number of H-pyrrole nitrogens is 2. The fraction of sp³-hybridized carbons (Fsp3) is 0.577. The molecule has 0 radical (unpaired) electrons. The molecule has 10 atom stereocenters. The number of fused-ring (bicyclic) bond motifs is 5. The van der Waals surface area contributed by atoms with Crippen LogP contribution < -0.4 is 16.9 Å². The summed E-state index contributed by atoms with van der Waals surface area (Å²) in [5, 5.41) is 11.5. The highest BCUT2D eigenvalue weighted by molar-refractivity contribution is 8.55. The molecule has 54 heavy (non-hydrogen) atoms. The van der Waals surface area contributed by atoms with Crippen LogP contribution in [-0.2, 0) is 53.4 Å². The summed E-state index contributed by atoms with van der Waals surface area (Å²) in [6, 6.07) is 0. The Kier molecular flexibility index (Phi) is 10.7. The number of nitrogens with one attached hydrogen (secondary N) is 2. The first kappa shape index (κ1) is 38.9. The fourth-order valence-electron chi connectivity index (χ4n) is 5.85. The number of aromatic amines is 2. The highest BCUT2D eigenvalue weighted by Gasteiger charge is 2.54. The van der Waals surface area contributed by atoms with Gasteiger partial charge in [0.15, 0.2) is 46.9 Å². The smallest absolute Gasteiger partial charge is 0.432 e. The molecule has 23 nitrogen and oxygen atoms in total. The molecule has 28 heteroatoms. The number of aliphatic hydroxyl groups is 1. The van der Waals surface area contributed by atoms with E-state index in [0.717, 1.165) is 17.2 Å². The van der Waals surface area contributed by atoms with Gasteiger partial charge in [-0.1, -0.05) is 0 Å². The van der Waals surface area contributed by atoms with E-state index in [4.69, 9.17) is 54.6 Å². The lowest BCUT2D eigenvalue weighted by Crippen LogP contribution is -2.35. The Morgan fingerprint density at radius 2 is 1.69 bits per heavy atom. The van der Waals surface area contributed by atoms with E-state index >= 15 is 4.39 Å². The van der Waals surface area contributed by atoms with Gasteiger partial charge in [0.25, 0.3) is 11.1 Å². The van der Waals surface area contributed by atoms with E-state index < -0.39 is 105 Å². The summed E-state index contributed by atoms with van der Waals surface area (Å²) in [5.41, 5.74) is 4.05. The van der Waals surface area contributed by atoms with E-state index in [-0.39, 0.29) is 34.1 Å². The van der Waals surface area contributed by atoms with Gasteiger partial charge in [-0.25, -0.2) is 28.7 Å². The van der Waals surface area contributed by atoms with Gasteiger partial charge in [-0.15, -0.1) is 0 Å². The van der Waals surface area contributed by atoms with Crippen molar-refractivity contribution in [3.8, 4) is 0 Å². The molecule has 3 saturated heterocycles. The molecule has 4 aromatic rings. The monoisotopic (exact) mass is 839 g/mol. The number of nitrogens with two attached hydrogens (primary N) is 1. The van der Waals surface area contributed by atoms with Crippen molar-refractivity contribution < 1.29 is 60.8 Å². The molecule has 0 aliphatic carbocycles. The zero-order valence-electron chi connectivity index (χ0n) is 28.1. The van der Waals surface area contributed by atoms with Crippen LogP contribution in [0.25, 0.3) is 22.3 Å². The number of nitrogen functional groups attached to an aromatic ring is 1. The number of carbonyl (C=O) groups excluding carboxylic acids is 1. The van der Waals surface area contributed by atoms with Crippen molar-refractivity contribution in [1.82, 2.24) is 39.0 Å². The minimum Gasteiger partial charge on any atom is -0.432 e. The maximum atomic E-state index is 16.4. The molecule has 0 aromatic carbocycles. The number of halogens is 1. The molecule has 4 unspecified atom stereocenters. The zero-order chi connectivity index (χ0) is 38.7. The average molecular weight is 840 g/mol. The van der Waals surface area contributed by atoms with E-state index in [1.165, 1.54) is 11.5 Å². The van der Waals surface area contributed by atoms with Gasteiger partial charge in [0.05, 0.1) is 32.0 Å². The topological polar surface area (TPSA) is 302 Å². The van der Waals surface area contributed by atoms with E-state index in [2.05, 4.69) is 29.9 Å². The van der Waals surface area contributed by atoms with Gasteiger partial charge in [0.2, 0.25) is 5.95 Å². The standard InChI is InChI=1S/C26H32FN9O14P2S2/c1-9(2)46-26(40)43-8-54-52(42)45-5-12-17(13(27)23(48-12)35-6-29-14-19(35)31-10(3)32-21(14)38)49-51(41,53)44-4-11-16(37)18(50-52)24(47-11)36-7-30-15-20(36)33-25(28)34-22(15)39/h6-7,9,11-13,16-18,23-24,37H,4-5,8H2,1-3H3,(H,41,53)(H,31,32,38)(H3,28,33,34,39)/t11-,12-,13?,16+,17+,18?,23-,24-,51?,52?/m1/s1. The molecule has 7 heterocycles. The highest BCUT2D eigenvalue weighted by atomic mass is 32.7. The predicted octanol–water partition coefficient (Wildman–Crippen LogP) is 1.03. The third-order valence-corrected chi connectivity index (χ3v) is 13.1. The lowest BCUT2D eigenvalue weighted by atomic mass is 10.1. The SMILES string of the molecule is Cc1nc2c(ncn2[C@@H]2O[C@@H]3COP(=O)(SCOC(=O)OC(C)C)OC4[C@@H](O)[C@@H](COP(O)(=S)O[C@@H]3C2F)O[C@H]4n2cnc3c(=O)[nH]c(N)nc32)c(=O)[nH]1. The van der Waals surface area contributed by atoms with Crippen molar-refractivity contribution in [3.05, 3.63) is 39.2 Å². The zero-order valence-corrected chi connectivity index (χ0v) is 31.5. The van der Waals surface area contributed by atoms with Gasteiger partial charge in [0, 0.05) is 11.4 Å². The maximum Gasteiger partial charge on any atom is 0.509 e. The first-order valence-corrected chi connectivity index (χ1v) is 21.6. The van der Waals surface area contributed by atoms with Crippen LogP contribution in [0.5, 0.6) is 0 Å². The average Bonchev–Trinajstić information content (AvgIpc) is 3.84. The Labute approximate surface area is 310 Å². The molecule has 0 saturated carbocycles. The Hall–Kier alpha value is -3.39. The number of aliphatic hydroxyl groups excluding tert-OH is 1. The van der Waals surface area contributed by atoms with Crippen molar-refractivity contribution in [2.75, 3.05) is 24.9 Å². The molecule has 0 amide bonds. The summed E-state index contributed by atoms with van der Waals surface area (Å²) in [6.45, 7) is -5.85. The lowest BCUT2D eigenvalue weighted by Gasteiger charge is -2.28. The fourth-order valence-corrected chi connectivity index (χ4v) is 10.1. The van der Waals surface area contributed by atoms with Crippen LogP contribution in [0.1, 0.15) is 32.1 Å². The molecule has 3 fully saturated rings. The van der Waals surface area contributed by atoms with Gasteiger partial charge < -0.3 is 44.2 Å². The number of rotatable bonds is 6. The van der Waals surface area contributed by atoms with Crippen molar-refractivity contribution in [2.24, 2.45) is 0 Å². The number of hydrogen-bond donors (Lipinski definition) is 5. The summed E-state index contributed by atoms with van der Waals surface area (Å²) in [4.78, 5) is 69.5. The van der Waals surface area contributed by atoms with Gasteiger partial charge in [-0.3, -0.25) is 37.3 Å². The van der Waals surface area contributed by atoms with Gasteiger partial charge in [-0.2, -0.15) is 4.98 Å². The Balaban J connectivity index is 1.24. The quantitative estimate of drug-likeness (QED) is 0.103. The number of hydrogen-bond acceptors (Lipinski definition) is 20. The van der Waals surface area contributed by atoms with Crippen LogP contribution in [0.15, 0.2) is 22.2 Å². The highest BCUT2D eigenvalue weighted by Crippen LogP contribution is 2.64. The van der Waals surface area contributed by atoms with Gasteiger partial charge in [-0.05, 0) is 32.6 Å². The summed E-state index contributed by atoms with van der Waals surface area (Å²) < 4.78 is 78.2. The molecule has 3 aliphatic rings. The van der Waals surface area contributed by atoms with Crippen molar-refractivity contribution in [3.63, 3.8) is 0 Å². The van der Waals surface area contributed by atoms with E-state index in [9.17, 15) is 28.9 Å². The van der Waals surface area contributed by atoms with Crippen molar-refractivity contribution in [2.45, 2.75) is 76.0 Å². The number of aryl methyl sites for hydroxylation is 1. The number of carbonyl (C=O) groups is 1. The predicted molar refractivity (Wildman–Crippen MR) is 185 cm³/mol. The molecule has 6 N–H and O–H groups in total. The lowest BCUT2D eigenvalue weighted by molar-refractivity contribution is -0.0585. The molecule has 2 bridgehead atoms. The van der Waals surface area contributed by atoms with Crippen molar-refractivity contribution >= 4 is 71.1 Å². The first-order chi connectivity index (χ1) is 25.5. The van der Waals surface area contributed by atoms with Crippen LogP contribution in [-0.4, -0.2) is 117 Å². The summed E-state index contributed by atoms with van der Waals surface area (Å²) in [5.74, 6) is -0.744. The minimum atomic E-state index is -4.66. The van der Waals surface area contributed by atoms with Crippen LogP contribution in [0, 0.1) is 6.92 Å². The Morgan fingerprint density at radius 3 is 2.39 bits per heavy atom. The maximum absolute atomic E-state index is 16.4. The van der Waals surface area contributed by atoms with E-state index in [0.29, 0.717) is 11.4 Å². The molecular formula is C26H32FN9O14P2S2. The molecule has 3 aliphatic heterocycles. The van der Waals surface area contributed by atoms with E-state index in [1.807, 2.05) is 0 Å². The number of nitrogens with zero attached hydrogens (tertiary/aromatic N) is 6. The minimum absolute atomic E-state index is 0.0349. The van der Waals surface area contributed by atoms with Crippen LogP contribution in [0.3, 0.4) is 0 Å². The van der Waals surface area contributed by atoms with Crippen LogP contribution in [0.2, 0.25) is 0 Å². The Bertz CT molecular complexity index is 2290. The van der Waals surface area contributed by atoms with Crippen LogP contribution >= 0.6 is 24.9 Å². The third-order valence-electron chi connectivity index (χ3n) is 8.15. The summed E-state index contributed by atoms with van der Waals surface area (Å²) in [6.07, 6.45) is -12.6.